The predicted molar refractivity (Wildman–Crippen MR) is 108 cm³/mol. The molecule has 1 aromatic heterocycles. The average Bonchev–Trinajstić information content (AvgIpc) is 3.23. The third-order valence-electron chi connectivity index (χ3n) is 4.46. The molecule has 1 N–H and O–H groups in total. The number of nitrogens with one attached hydrogen (secondary N) is 1. The van der Waals surface area contributed by atoms with E-state index >= 15 is 0 Å². The van der Waals surface area contributed by atoms with Crippen molar-refractivity contribution in [2.24, 2.45) is 0 Å². The van der Waals surface area contributed by atoms with Crippen LogP contribution in [0, 0.1) is 5.82 Å². The van der Waals surface area contributed by atoms with E-state index in [1.54, 1.807) is 36.5 Å². The average molecular weight is 371 g/mol. The lowest BCUT2D eigenvalue weighted by atomic mass is 9.98. The van der Waals surface area contributed by atoms with E-state index in [1.807, 2.05) is 53.3 Å². The lowest BCUT2D eigenvalue weighted by Gasteiger charge is -2.11. The molecule has 138 valence electrons. The molecule has 0 unspecified atom stereocenters. The molecule has 4 aromatic rings. The van der Waals surface area contributed by atoms with Crippen LogP contribution in [0.1, 0.15) is 15.9 Å². The lowest BCUT2D eigenvalue weighted by molar-refractivity contribution is 0.102. The van der Waals surface area contributed by atoms with Gasteiger partial charge in [0.05, 0.1) is 12.2 Å². The highest BCUT2D eigenvalue weighted by Crippen LogP contribution is 2.25. The van der Waals surface area contributed by atoms with Crippen LogP contribution in [0.15, 0.2) is 91.3 Å². The molecule has 0 radical (unpaired) electrons. The number of carbonyl (C=O) groups excluding carboxylic acids is 1. The summed E-state index contributed by atoms with van der Waals surface area (Å²) in [5.41, 5.74) is 3.48. The van der Waals surface area contributed by atoms with Gasteiger partial charge in [0, 0.05) is 18.0 Å². The summed E-state index contributed by atoms with van der Waals surface area (Å²) in [6, 6.07) is 23.3. The zero-order valence-corrected chi connectivity index (χ0v) is 15.0. The molecule has 4 rings (SSSR count). The third-order valence-corrected chi connectivity index (χ3v) is 4.46. The summed E-state index contributed by atoms with van der Waals surface area (Å²) in [6.45, 7) is 0.683. The van der Waals surface area contributed by atoms with Crippen molar-refractivity contribution in [1.29, 1.82) is 0 Å². The van der Waals surface area contributed by atoms with Crippen molar-refractivity contribution in [1.82, 2.24) is 9.78 Å². The quantitative estimate of drug-likeness (QED) is 0.537. The van der Waals surface area contributed by atoms with Gasteiger partial charge in [0.2, 0.25) is 0 Å². The van der Waals surface area contributed by atoms with Gasteiger partial charge in [-0.1, -0.05) is 54.6 Å². The first-order valence-electron chi connectivity index (χ1n) is 8.92. The first-order chi connectivity index (χ1) is 13.7. The molecule has 0 aliphatic carbocycles. The van der Waals surface area contributed by atoms with E-state index in [0.717, 1.165) is 16.7 Å². The van der Waals surface area contributed by atoms with Crippen molar-refractivity contribution < 1.29 is 9.18 Å². The molecule has 1 heterocycles. The maximum atomic E-state index is 13.9. The highest BCUT2D eigenvalue weighted by molar-refractivity contribution is 6.08. The fourth-order valence-corrected chi connectivity index (χ4v) is 3.06. The molecule has 0 fully saturated rings. The van der Waals surface area contributed by atoms with Gasteiger partial charge < -0.3 is 5.32 Å². The van der Waals surface area contributed by atoms with Crippen LogP contribution in [0.3, 0.4) is 0 Å². The SMILES string of the molecule is O=C(Nc1ccccc1F)c1ccccc1-c1ccc(Cn2cccn2)cc1. The summed E-state index contributed by atoms with van der Waals surface area (Å²) in [6.07, 6.45) is 3.66. The van der Waals surface area contributed by atoms with E-state index in [1.165, 1.54) is 6.07 Å². The van der Waals surface area contributed by atoms with Gasteiger partial charge >= 0.3 is 0 Å². The van der Waals surface area contributed by atoms with Gasteiger partial charge in [-0.2, -0.15) is 5.10 Å². The third kappa shape index (κ3) is 3.83. The van der Waals surface area contributed by atoms with E-state index in [2.05, 4.69) is 10.4 Å². The van der Waals surface area contributed by atoms with Crippen LogP contribution in [0.4, 0.5) is 10.1 Å². The van der Waals surface area contributed by atoms with Crippen LogP contribution in [0.25, 0.3) is 11.1 Å². The molecule has 0 saturated carbocycles. The molecule has 0 aliphatic heterocycles. The highest BCUT2D eigenvalue weighted by Gasteiger charge is 2.14. The van der Waals surface area contributed by atoms with Crippen LogP contribution in [-0.2, 0) is 6.54 Å². The van der Waals surface area contributed by atoms with Crippen molar-refractivity contribution in [3.63, 3.8) is 0 Å². The summed E-state index contributed by atoms with van der Waals surface area (Å²) in [5, 5.41) is 6.86. The van der Waals surface area contributed by atoms with E-state index in [0.29, 0.717) is 12.1 Å². The molecule has 0 spiro atoms. The minimum absolute atomic E-state index is 0.164. The Labute approximate surface area is 162 Å². The highest BCUT2D eigenvalue weighted by atomic mass is 19.1. The number of para-hydroxylation sites is 1. The van der Waals surface area contributed by atoms with Gasteiger partial charge in [0.15, 0.2) is 0 Å². The number of rotatable bonds is 5. The fourth-order valence-electron chi connectivity index (χ4n) is 3.06. The second-order valence-corrected chi connectivity index (χ2v) is 6.38. The Kier molecular flexibility index (Phi) is 4.97. The first kappa shape index (κ1) is 17.7. The molecule has 0 aliphatic rings. The Morgan fingerprint density at radius 1 is 0.929 bits per heavy atom. The monoisotopic (exact) mass is 371 g/mol. The normalized spacial score (nSPS) is 10.6. The minimum atomic E-state index is -0.462. The number of nitrogens with zero attached hydrogens (tertiary/aromatic N) is 2. The standard InChI is InChI=1S/C23H18FN3O/c24-21-8-3-4-9-22(21)26-23(28)20-7-2-1-6-19(20)18-12-10-17(11-13-18)16-27-15-5-14-25-27/h1-15H,16H2,(H,26,28). The van der Waals surface area contributed by atoms with Crippen LogP contribution >= 0.6 is 0 Å². The molecule has 5 heteroatoms. The van der Waals surface area contributed by atoms with Crippen LogP contribution in [0.2, 0.25) is 0 Å². The van der Waals surface area contributed by atoms with Crippen molar-refractivity contribution in [3.8, 4) is 11.1 Å². The Balaban J connectivity index is 1.59. The molecule has 3 aromatic carbocycles. The largest absolute Gasteiger partial charge is 0.319 e. The smallest absolute Gasteiger partial charge is 0.256 e. The summed E-state index contributed by atoms with van der Waals surface area (Å²) in [5.74, 6) is -0.808. The number of halogens is 1. The van der Waals surface area contributed by atoms with Crippen molar-refractivity contribution in [3.05, 3.63) is 108 Å². The second kappa shape index (κ2) is 7.88. The Morgan fingerprint density at radius 2 is 1.68 bits per heavy atom. The van der Waals surface area contributed by atoms with Crippen molar-refractivity contribution in [2.75, 3.05) is 5.32 Å². The van der Waals surface area contributed by atoms with Crippen LogP contribution in [0.5, 0.6) is 0 Å². The lowest BCUT2D eigenvalue weighted by Crippen LogP contribution is -2.14. The zero-order valence-electron chi connectivity index (χ0n) is 15.0. The van der Waals surface area contributed by atoms with Crippen molar-refractivity contribution >= 4 is 11.6 Å². The number of amides is 1. The molecular formula is C23H18FN3O. The molecule has 0 bridgehead atoms. The predicted octanol–water partition coefficient (Wildman–Crippen LogP) is 4.99. The van der Waals surface area contributed by atoms with Gasteiger partial charge in [-0.25, -0.2) is 4.39 Å². The summed E-state index contributed by atoms with van der Waals surface area (Å²) >= 11 is 0. The molecule has 1 amide bonds. The van der Waals surface area contributed by atoms with E-state index < -0.39 is 5.82 Å². The first-order valence-corrected chi connectivity index (χ1v) is 8.92. The van der Waals surface area contributed by atoms with Crippen molar-refractivity contribution in [2.45, 2.75) is 6.54 Å². The van der Waals surface area contributed by atoms with Gasteiger partial charge in [-0.05, 0) is 41.0 Å². The molecule has 4 nitrogen and oxygen atoms in total. The number of hydrogen-bond donors (Lipinski definition) is 1. The number of hydrogen-bond acceptors (Lipinski definition) is 2. The summed E-state index contributed by atoms with van der Waals surface area (Å²) in [7, 11) is 0. The minimum Gasteiger partial charge on any atom is -0.319 e. The fraction of sp³-hybridized carbons (Fsp3) is 0.0435. The van der Waals surface area contributed by atoms with Crippen LogP contribution < -0.4 is 5.32 Å². The number of anilines is 1. The topological polar surface area (TPSA) is 46.9 Å². The number of carbonyl (C=O) groups is 1. The Hall–Kier alpha value is -3.73. The van der Waals surface area contributed by atoms with Gasteiger partial charge in [0.1, 0.15) is 5.82 Å². The van der Waals surface area contributed by atoms with Crippen LogP contribution in [-0.4, -0.2) is 15.7 Å². The van der Waals surface area contributed by atoms with E-state index in [9.17, 15) is 9.18 Å². The van der Waals surface area contributed by atoms with Gasteiger partial charge in [-0.3, -0.25) is 9.48 Å². The maximum absolute atomic E-state index is 13.9. The van der Waals surface area contributed by atoms with Gasteiger partial charge in [0.25, 0.3) is 5.91 Å². The Bertz CT molecular complexity index is 1090. The molecular weight excluding hydrogens is 353 g/mol. The molecule has 28 heavy (non-hydrogen) atoms. The molecule has 0 saturated heterocycles. The zero-order chi connectivity index (χ0) is 19.3. The number of aromatic nitrogens is 2. The molecule has 0 atom stereocenters. The summed E-state index contributed by atoms with van der Waals surface area (Å²) in [4.78, 5) is 12.7. The number of benzene rings is 3. The van der Waals surface area contributed by atoms with Gasteiger partial charge in [-0.15, -0.1) is 0 Å². The Morgan fingerprint density at radius 3 is 2.43 bits per heavy atom. The maximum Gasteiger partial charge on any atom is 0.256 e. The van der Waals surface area contributed by atoms with E-state index in [-0.39, 0.29) is 11.6 Å². The van der Waals surface area contributed by atoms with E-state index in [4.69, 9.17) is 0 Å². The second-order valence-electron chi connectivity index (χ2n) is 6.38. The summed E-state index contributed by atoms with van der Waals surface area (Å²) < 4.78 is 15.7.